The van der Waals surface area contributed by atoms with Gasteiger partial charge in [-0.2, -0.15) is 0 Å². The lowest BCUT2D eigenvalue weighted by molar-refractivity contribution is -0.142. The maximum atomic E-state index is 13.3. The van der Waals surface area contributed by atoms with E-state index in [-0.39, 0.29) is 25.7 Å². The van der Waals surface area contributed by atoms with E-state index in [4.69, 9.17) is 16.6 Å². The lowest BCUT2D eigenvalue weighted by Gasteiger charge is -2.25. The molecule has 0 saturated carbocycles. The van der Waals surface area contributed by atoms with Crippen molar-refractivity contribution in [2.45, 2.75) is 69.3 Å². The van der Waals surface area contributed by atoms with Crippen LogP contribution >= 0.6 is 0 Å². The lowest BCUT2D eigenvalue weighted by Crippen LogP contribution is -2.58. The number of carboxylic acids is 2. The van der Waals surface area contributed by atoms with Gasteiger partial charge in [-0.3, -0.25) is 24.0 Å². The average molecular weight is 563 g/mol. The molecule has 0 aliphatic heterocycles. The third-order valence-corrected chi connectivity index (χ3v) is 6.13. The normalized spacial score (nSPS) is 14.8. The van der Waals surface area contributed by atoms with Crippen molar-refractivity contribution < 1.29 is 44.1 Å². The number of carboxylic acid groups (broad SMARTS) is 2. The van der Waals surface area contributed by atoms with Crippen molar-refractivity contribution in [3.8, 4) is 0 Å². The van der Waals surface area contributed by atoms with E-state index in [9.17, 15) is 39.0 Å². The van der Waals surface area contributed by atoms with Crippen LogP contribution in [0.3, 0.4) is 0 Å². The SMILES string of the molecule is CC(O)C(N)C(=O)NC(CCC(=O)O)C(=O)NC(Cc1c[nH]c2ccccc12)C(=O)NC(CCC(N)=O)C(=O)O. The molecule has 5 atom stereocenters. The van der Waals surface area contributed by atoms with Crippen molar-refractivity contribution in [3.63, 3.8) is 0 Å². The molecule has 1 aromatic carbocycles. The highest BCUT2D eigenvalue weighted by atomic mass is 16.4. The van der Waals surface area contributed by atoms with Crippen molar-refractivity contribution >= 4 is 46.5 Å². The molecule has 2 rings (SSSR count). The minimum Gasteiger partial charge on any atom is -0.481 e. The van der Waals surface area contributed by atoms with E-state index in [1.807, 2.05) is 0 Å². The molecule has 5 unspecified atom stereocenters. The lowest BCUT2D eigenvalue weighted by atomic mass is 10.0. The number of aliphatic carboxylic acids is 2. The number of aromatic nitrogens is 1. The van der Waals surface area contributed by atoms with Crippen molar-refractivity contribution in [2.24, 2.45) is 11.5 Å². The number of hydrogen-bond acceptors (Lipinski definition) is 8. The largest absolute Gasteiger partial charge is 0.481 e. The van der Waals surface area contributed by atoms with Crippen molar-refractivity contribution in [3.05, 3.63) is 36.0 Å². The Morgan fingerprint density at radius 2 is 1.45 bits per heavy atom. The third-order valence-electron chi connectivity index (χ3n) is 6.13. The second kappa shape index (κ2) is 14.6. The first kappa shape index (κ1) is 31.7. The number of hydrogen-bond donors (Lipinski definition) is 9. The molecular weight excluding hydrogens is 528 g/mol. The second-order valence-corrected chi connectivity index (χ2v) is 9.29. The van der Waals surface area contributed by atoms with Crippen LogP contribution in [0.15, 0.2) is 30.5 Å². The summed E-state index contributed by atoms with van der Waals surface area (Å²) in [5.41, 5.74) is 12.1. The maximum Gasteiger partial charge on any atom is 0.326 e. The number of para-hydroxylation sites is 1. The van der Waals surface area contributed by atoms with E-state index < -0.39 is 72.3 Å². The molecule has 40 heavy (non-hydrogen) atoms. The number of amides is 4. The Hall–Kier alpha value is -4.50. The van der Waals surface area contributed by atoms with Gasteiger partial charge in [0.15, 0.2) is 0 Å². The molecule has 4 amide bonds. The Kier molecular flexibility index (Phi) is 11.6. The molecule has 1 aromatic heterocycles. The summed E-state index contributed by atoms with van der Waals surface area (Å²) in [7, 11) is 0. The van der Waals surface area contributed by atoms with E-state index in [1.54, 1.807) is 30.5 Å². The van der Waals surface area contributed by atoms with Crippen LogP contribution in [0, 0.1) is 0 Å². The van der Waals surface area contributed by atoms with Gasteiger partial charge in [-0.25, -0.2) is 4.79 Å². The fraction of sp³-hybridized carbons (Fsp3) is 0.440. The number of H-pyrrole nitrogens is 1. The van der Waals surface area contributed by atoms with Crippen LogP contribution in [0.4, 0.5) is 0 Å². The quantitative estimate of drug-likeness (QED) is 0.109. The number of aliphatic hydroxyl groups is 1. The van der Waals surface area contributed by atoms with Crippen LogP contribution in [0.2, 0.25) is 0 Å². The first-order valence-electron chi connectivity index (χ1n) is 12.4. The highest BCUT2D eigenvalue weighted by Gasteiger charge is 2.32. The summed E-state index contributed by atoms with van der Waals surface area (Å²) >= 11 is 0. The van der Waals surface area contributed by atoms with E-state index in [1.165, 1.54) is 6.92 Å². The van der Waals surface area contributed by atoms with Gasteiger partial charge in [0.05, 0.1) is 6.10 Å². The number of nitrogens with one attached hydrogen (secondary N) is 4. The molecule has 0 bridgehead atoms. The van der Waals surface area contributed by atoms with Gasteiger partial charge in [0.25, 0.3) is 0 Å². The zero-order chi connectivity index (χ0) is 30.0. The van der Waals surface area contributed by atoms with E-state index in [0.717, 1.165) is 10.9 Å². The minimum absolute atomic E-state index is 0.115. The third kappa shape index (κ3) is 9.36. The molecule has 0 saturated heterocycles. The van der Waals surface area contributed by atoms with Crippen LogP contribution in [-0.2, 0) is 35.2 Å². The summed E-state index contributed by atoms with van der Waals surface area (Å²) in [6.07, 6.45) is -1.26. The summed E-state index contributed by atoms with van der Waals surface area (Å²) in [6, 6.07) is 1.39. The maximum absolute atomic E-state index is 13.3. The van der Waals surface area contributed by atoms with Gasteiger partial charge in [-0.15, -0.1) is 0 Å². The molecule has 0 aliphatic carbocycles. The van der Waals surface area contributed by atoms with Crippen LogP contribution in [0.1, 0.15) is 38.2 Å². The van der Waals surface area contributed by atoms with Crippen molar-refractivity contribution in [1.29, 1.82) is 0 Å². The summed E-state index contributed by atoms with van der Waals surface area (Å²) < 4.78 is 0. The van der Waals surface area contributed by atoms with Gasteiger partial charge in [-0.1, -0.05) is 18.2 Å². The average Bonchev–Trinajstić information content (AvgIpc) is 3.29. The number of rotatable bonds is 16. The minimum atomic E-state index is -1.49. The summed E-state index contributed by atoms with van der Waals surface area (Å²) in [5.74, 6) is -6.20. The van der Waals surface area contributed by atoms with E-state index in [0.29, 0.717) is 5.56 Å². The first-order chi connectivity index (χ1) is 18.8. The number of primary amides is 1. The molecule has 218 valence electrons. The molecule has 15 heteroatoms. The monoisotopic (exact) mass is 562 g/mol. The van der Waals surface area contributed by atoms with Gasteiger partial charge in [0.1, 0.15) is 24.2 Å². The number of aliphatic hydroxyl groups excluding tert-OH is 1. The Morgan fingerprint density at radius 3 is 2.05 bits per heavy atom. The molecule has 0 fully saturated rings. The molecule has 0 spiro atoms. The number of benzene rings is 1. The second-order valence-electron chi connectivity index (χ2n) is 9.29. The van der Waals surface area contributed by atoms with E-state index in [2.05, 4.69) is 20.9 Å². The van der Waals surface area contributed by atoms with Crippen molar-refractivity contribution in [1.82, 2.24) is 20.9 Å². The van der Waals surface area contributed by atoms with Crippen LogP contribution in [-0.4, -0.2) is 86.1 Å². The topological polar surface area (TPSA) is 267 Å². The van der Waals surface area contributed by atoms with E-state index >= 15 is 0 Å². The molecule has 0 aliphatic rings. The molecule has 0 radical (unpaired) electrons. The Morgan fingerprint density at radius 1 is 0.875 bits per heavy atom. The summed E-state index contributed by atoms with van der Waals surface area (Å²) in [5, 5.41) is 36.0. The predicted molar refractivity (Wildman–Crippen MR) is 140 cm³/mol. The number of carbonyl (C=O) groups excluding carboxylic acids is 4. The number of aromatic amines is 1. The standard InChI is InChI=1S/C25H34N6O9/c1-12(32)21(27)24(38)29-16(7-9-20(34)35)22(36)31-18(10-13-11-28-15-5-3-2-4-14(13)15)23(37)30-17(25(39)40)6-8-19(26)33/h2-5,11-12,16-18,21,28,32H,6-10,27H2,1H3,(H2,26,33)(H,29,38)(H,30,37)(H,31,36)(H,34,35)(H,39,40). The van der Waals surface area contributed by atoms with Crippen LogP contribution in [0.5, 0.6) is 0 Å². The number of fused-ring (bicyclic) bond motifs is 1. The first-order valence-corrected chi connectivity index (χ1v) is 12.4. The molecule has 2 aromatic rings. The number of nitrogens with two attached hydrogens (primary N) is 2. The molecule has 15 nitrogen and oxygen atoms in total. The summed E-state index contributed by atoms with van der Waals surface area (Å²) in [6.45, 7) is 1.26. The van der Waals surface area contributed by atoms with Gasteiger partial charge in [0, 0.05) is 36.4 Å². The Bertz CT molecular complexity index is 1240. The molecule has 11 N–H and O–H groups in total. The fourth-order valence-electron chi connectivity index (χ4n) is 3.84. The van der Waals surface area contributed by atoms with Crippen LogP contribution in [0.25, 0.3) is 10.9 Å². The smallest absolute Gasteiger partial charge is 0.326 e. The Labute approximate surface area is 228 Å². The van der Waals surface area contributed by atoms with Gasteiger partial charge in [0.2, 0.25) is 23.6 Å². The van der Waals surface area contributed by atoms with Crippen molar-refractivity contribution in [2.75, 3.05) is 0 Å². The molecular formula is C25H34N6O9. The van der Waals surface area contributed by atoms with Gasteiger partial charge in [-0.05, 0) is 31.4 Å². The Balaban J connectivity index is 2.34. The fourth-order valence-corrected chi connectivity index (χ4v) is 3.84. The van der Waals surface area contributed by atoms with Crippen LogP contribution < -0.4 is 27.4 Å². The highest BCUT2D eigenvalue weighted by molar-refractivity contribution is 5.95. The molecule has 1 heterocycles. The predicted octanol–water partition coefficient (Wildman–Crippen LogP) is -1.91. The zero-order valence-corrected chi connectivity index (χ0v) is 21.8. The highest BCUT2D eigenvalue weighted by Crippen LogP contribution is 2.19. The zero-order valence-electron chi connectivity index (χ0n) is 21.8. The van der Waals surface area contributed by atoms with Gasteiger partial charge < -0.3 is 47.7 Å². The number of carbonyl (C=O) groups is 6. The summed E-state index contributed by atoms with van der Waals surface area (Å²) in [4.78, 5) is 75.9. The van der Waals surface area contributed by atoms with Gasteiger partial charge >= 0.3 is 11.9 Å².